The third-order valence-electron chi connectivity index (χ3n) is 2.96. The summed E-state index contributed by atoms with van der Waals surface area (Å²) >= 11 is 0. The van der Waals surface area contributed by atoms with Crippen molar-refractivity contribution in [3.05, 3.63) is 52.7 Å². The Morgan fingerprint density at radius 1 is 1.33 bits per heavy atom. The minimum atomic E-state index is -0.784. The van der Waals surface area contributed by atoms with Gasteiger partial charge in [-0.3, -0.25) is 9.59 Å². The second-order valence-electron chi connectivity index (χ2n) is 4.42. The number of nitrogens with one attached hydrogen (secondary N) is 1. The van der Waals surface area contributed by atoms with Crippen LogP contribution in [-0.4, -0.2) is 11.8 Å². The van der Waals surface area contributed by atoms with Gasteiger partial charge >= 0.3 is 0 Å². The number of hydrogen-bond acceptors (Lipinski definition) is 4. The zero-order chi connectivity index (χ0) is 15.6. The van der Waals surface area contributed by atoms with Crippen LogP contribution in [0.5, 0.6) is 0 Å². The lowest BCUT2D eigenvalue weighted by molar-refractivity contribution is 0.0987. The van der Waals surface area contributed by atoms with Crippen molar-refractivity contribution in [2.45, 2.75) is 13.5 Å². The smallest absolute Gasteiger partial charge is 0.291 e. The molecule has 2 amide bonds. The van der Waals surface area contributed by atoms with Crippen molar-refractivity contribution in [2.24, 2.45) is 11.5 Å². The van der Waals surface area contributed by atoms with E-state index in [0.717, 1.165) is 6.07 Å². The van der Waals surface area contributed by atoms with Crippen LogP contribution in [0.1, 0.15) is 32.2 Å². The molecule has 0 aliphatic heterocycles. The van der Waals surface area contributed by atoms with Crippen LogP contribution in [0.3, 0.4) is 0 Å². The van der Waals surface area contributed by atoms with Crippen molar-refractivity contribution >= 4 is 17.5 Å². The molecule has 6 nitrogen and oxygen atoms in total. The molecule has 0 bridgehead atoms. The number of furan rings is 1. The lowest BCUT2D eigenvalue weighted by Gasteiger charge is -2.09. The van der Waals surface area contributed by atoms with Gasteiger partial charge in [0, 0.05) is 16.8 Å². The highest BCUT2D eigenvalue weighted by molar-refractivity contribution is 6.03. The van der Waals surface area contributed by atoms with E-state index >= 15 is 0 Å². The molecule has 0 unspecified atom stereocenters. The molecule has 1 aromatic carbocycles. The third kappa shape index (κ3) is 3.09. The van der Waals surface area contributed by atoms with Gasteiger partial charge in [0.1, 0.15) is 11.6 Å². The fourth-order valence-electron chi connectivity index (χ4n) is 1.74. The molecular weight excluding hydrogens is 277 g/mol. The number of nitrogens with two attached hydrogens (primary N) is 2. The molecule has 110 valence electrons. The molecule has 0 aliphatic carbocycles. The third-order valence-corrected chi connectivity index (χ3v) is 2.96. The van der Waals surface area contributed by atoms with E-state index in [9.17, 15) is 14.0 Å². The first kappa shape index (κ1) is 14.7. The van der Waals surface area contributed by atoms with Crippen LogP contribution in [0.2, 0.25) is 0 Å². The van der Waals surface area contributed by atoms with Crippen molar-refractivity contribution in [1.29, 1.82) is 0 Å². The zero-order valence-electron chi connectivity index (χ0n) is 11.3. The van der Waals surface area contributed by atoms with E-state index in [0.29, 0.717) is 5.76 Å². The lowest BCUT2D eigenvalue weighted by atomic mass is 10.1. The number of carbonyl (C=O) groups excluding carboxylic acids is 2. The minimum Gasteiger partial charge on any atom is -0.455 e. The maximum atomic E-state index is 13.7. The van der Waals surface area contributed by atoms with Gasteiger partial charge in [0.25, 0.3) is 5.91 Å². The monoisotopic (exact) mass is 291 g/mol. The van der Waals surface area contributed by atoms with Gasteiger partial charge in [0.2, 0.25) is 5.91 Å². The second-order valence-corrected chi connectivity index (χ2v) is 4.42. The van der Waals surface area contributed by atoms with Gasteiger partial charge in [0.15, 0.2) is 5.76 Å². The van der Waals surface area contributed by atoms with Crippen LogP contribution in [0.25, 0.3) is 0 Å². The predicted molar refractivity (Wildman–Crippen MR) is 74.2 cm³/mol. The molecular formula is C14H14FN3O3. The number of amides is 2. The number of hydrogen-bond donors (Lipinski definition) is 3. The largest absolute Gasteiger partial charge is 0.455 e. The van der Waals surface area contributed by atoms with Crippen LogP contribution in [-0.2, 0) is 6.54 Å². The molecule has 1 aromatic heterocycles. The number of primary amides is 1. The van der Waals surface area contributed by atoms with E-state index in [-0.39, 0.29) is 29.1 Å². The number of carbonyl (C=O) groups is 2. The standard InChI is InChI=1S/C14H14FN3O3/c1-7-10(15)4-8(13(17)19)5-11(7)18-14(20)12-3-2-9(6-16)21-12/h2-5H,6,16H2,1H3,(H2,17,19)(H,18,20). The van der Waals surface area contributed by atoms with E-state index in [1.54, 1.807) is 6.07 Å². The minimum absolute atomic E-state index is 0.0320. The summed E-state index contributed by atoms with van der Waals surface area (Å²) in [7, 11) is 0. The van der Waals surface area contributed by atoms with Crippen LogP contribution in [0, 0.1) is 12.7 Å². The average Bonchev–Trinajstić information content (AvgIpc) is 2.92. The second kappa shape index (κ2) is 5.76. The summed E-state index contributed by atoms with van der Waals surface area (Å²) < 4.78 is 18.9. The molecule has 0 atom stereocenters. The predicted octanol–water partition coefficient (Wildman–Crippen LogP) is 1.54. The number of benzene rings is 1. The van der Waals surface area contributed by atoms with Gasteiger partial charge in [-0.15, -0.1) is 0 Å². The summed E-state index contributed by atoms with van der Waals surface area (Å²) in [5.74, 6) is -1.50. The highest BCUT2D eigenvalue weighted by atomic mass is 19.1. The Kier molecular flexibility index (Phi) is 4.04. The van der Waals surface area contributed by atoms with Crippen LogP contribution >= 0.6 is 0 Å². The molecule has 1 heterocycles. The van der Waals surface area contributed by atoms with E-state index < -0.39 is 17.6 Å². The van der Waals surface area contributed by atoms with Gasteiger partial charge in [-0.05, 0) is 31.2 Å². The van der Waals surface area contributed by atoms with Crippen molar-refractivity contribution in [2.75, 3.05) is 5.32 Å². The van der Waals surface area contributed by atoms with Gasteiger partial charge in [-0.25, -0.2) is 4.39 Å². The fourth-order valence-corrected chi connectivity index (χ4v) is 1.74. The molecule has 7 heteroatoms. The summed E-state index contributed by atoms with van der Waals surface area (Å²) in [4.78, 5) is 23.1. The Hall–Kier alpha value is -2.67. The Morgan fingerprint density at radius 2 is 2.05 bits per heavy atom. The molecule has 21 heavy (non-hydrogen) atoms. The molecule has 2 aromatic rings. The van der Waals surface area contributed by atoms with Crippen molar-refractivity contribution in [3.8, 4) is 0 Å². The van der Waals surface area contributed by atoms with Gasteiger partial charge in [-0.1, -0.05) is 0 Å². The molecule has 0 saturated heterocycles. The normalized spacial score (nSPS) is 10.4. The molecule has 0 spiro atoms. The van der Waals surface area contributed by atoms with Gasteiger partial charge < -0.3 is 21.2 Å². The number of rotatable bonds is 4. The summed E-state index contributed by atoms with van der Waals surface area (Å²) in [5.41, 5.74) is 10.8. The Bertz CT molecular complexity index is 709. The van der Waals surface area contributed by atoms with Gasteiger partial charge in [-0.2, -0.15) is 0 Å². The Morgan fingerprint density at radius 3 is 2.62 bits per heavy atom. The quantitative estimate of drug-likeness (QED) is 0.793. The van der Waals surface area contributed by atoms with Crippen LogP contribution < -0.4 is 16.8 Å². The number of halogens is 1. The first-order valence-electron chi connectivity index (χ1n) is 6.12. The first-order valence-corrected chi connectivity index (χ1v) is 6.12. The Labute approximate surface area is 119 Å². The topological polar surface area (TPSA) is 111 Å². The van der Waals surface area contributed by atoms with Gasteiger partial charge in [0.05, 0.1) is 6.54 Å². The highest BCUT2D eigenvalue weighted by Crippen LogP contribution is 2.21. The van der Waals surface area contributed by atoms with E-state index in [2.05, 4.69) is 5.32 Å². The molecule has 5 N–H and O–H groups in total. The summed E-state index contributed by atoms with van der Waals surface area (Å²) in [6, 6.07) is 5.36. The molecule has 0 saturated carbocycles. The van der Waals surface area contributed by atoms with E-state index in [4.69, 9.17) is 15.9 Å². The van der Waals surface area contributed by atoms with Crippen molar-refractivity contribution in [3.63, 3.8) is 0 Å². The molecule has 0 fully saturated rings. The molecule has 0 radical (unpaired) electrons. The molecule has 2 rings (SSSR count). The average molecular weight is 291 g/mol. The maximum Gasteiger partial charge on any atom is 0.291 e. The lowest BCUT2D eigenvalue weighted by Crippen LogP contribution is -2.16. The maximum absolute atomic E-state index is 13.7. The summed E-state index contributed by atoms with van der Waals surface area (Å²) in [6.45, 7) is 1.64. The van der Waals surface area contributed by atoms with Crippen molar-refractivity contribution in [1.82, 2.24) is 0 Å². The summed E-state index contributed by atoms with van der Waals surface area (Å²) in [5, 5.41) is 2.48. The fraction of sp³-hybridized carbons (Fsp3) is 0.143. The molecule has 0 aliphatic rings. The highest BCUT2D eigenvalue weighted by Gasteiger charge is 2.15. The summed E-state index contributed by atoms with van der Waals surface area (Å²) in [6.07, 6.45) is 0. The zero-order valence-corrected chi connectivity index (χ0v) is 11.3. The Balaban J connectivity index is 2.30. The SMILES string of the molecule is Cc1c(F)cc(C(N)=O)cc1NC(=O)c1ccc(CN)o1. The van der Waals surface area contributed by atoms with E-state index in [1.807, 2.05) is 0 Å². The van der Waals surface area contributed by atoms with Crippen LogP contribution in [0.15, 0.2) is 28.7 Å². The van der Waals surface area contributed by atoms with Crippen LogP contribution in [0.4, 0.5) is 10.1 Å². The first-order chi connectivity index (χ1) is 9.92. The van der Waals surface area contributed by atoms with E-state index in [1.165, 1.54) is 19.1 Å². The van der Waals surface area contributed by atoms with Crippen molar-refractivity contribution < 1.29 is 18.4 Å². The number of anilines is 1.